The summed E-state index contributed by atoms with van der Waals surface area (Å²) in [6.45, 7) is -0.287. The Morgan fingerprint density at radius 3 is 2.00 bits per heavy atom. The lowest BCUT2D eigenvalue weighted by Crippen LogP contribution is -2.50. The highest BCUT2D eigenvalue weighted by atomic mass is 79.9. The maximum atomic E-state index is 12.1. The number of hydrogen-bond acceptors (Lipinski definition) is 1. The summed E-state index contributed by atoms with van der Waals surface area (Å²) in [7, 11) is 0. The molecule has 8 heteroatoms. The van der Waals surface area contributed by atoms with Crippen LogP contribution in [0.25, 0.3) is 0 Å². The van der Waals surface area contributed by atoms with Crippen LogP contribution < -0.4 is 5.32 Å². The first-order valence-electron chi connectivity index (χ1n) is 3.02. The van der Waals surface area contributed by atoms with E-state index in [0.29, 0.717) is 0 Å². The lowest BCUT2D eigenvalue weighted by Gasteiger charge is -2.18. The van der Waals surface area contributed by atoms with Gasteiger partial charge in [0.05, 0.1) is 0 Å². The smallest absolute Gasteiger partial charge is 0.350 e. The van der Waals surface area contributed by atoms with Gasteiger partial charge in [-0.15, -0.1) is 0 Å². The minimum absolute atomic E-state index is 0.104. The molecule has 0 heterocycles. The van der Waals surface area contributed by atoms with E-state index in [0.717, 1.165) is 0 Å². The third-order valence-corrected chi connectivity index (χ3v) is 1.42. The number of nitrogens with one attached hydrogen (secondary N) is 1. The molecule has 0 unspecified atom stereocenters. The van der Waals surface area contributed by atoms with E-state index >= 15 is 0 Å². The number of carbonyl (C=O) groups is 1. The molecule has 0 saturated heterocycles. The number of amides is 1. The number of carbonyl (C=O) groups excluding carboxylic acids is 1. The van der Waals surface area contributed by atoms with Crippen molar-refractivity contribution in [3.63, 3.8) is 0 Å². The Hall–Kier alpha value is -0.400. The fourth-order valence-corrected chi connectivity index (χ4v) is 0.599. The van der Waals surface area contributed by atoms with E-state index in [4.69, 9.17) is 0 Å². The number of hydrogen-bond donors (Lipinski definition) is 1. The summed E-state index contributed by atoms with van der Waals surface area (Å²) in [6, 6.07) is 0. The van der Waals surface area contributed by atoms with Gasteiger partial charge in [0, 0.05) is 11.9 Å². The average Bonchev–Trinajstić information content (AvgIpc) is 1.97. The summed E-state index contributed by atoms with van der Waals surface area (Å²) in [5.74, 6) is -7.66. The molecule has 0 atom stereocenters. The van der Waals surface area contributed by atoms with Crippen LogP contribution in [-0.2, 0) is 4.79 Å². The average molecular weight is 270 g/mol. The van der Waals surface area contributed by atoms with Crippen LogP contribution in [0.3, 0.4) is 0 Å². The molecule has 0 aliphatic heterocycles. The highest BCUT2D eigenvalue weighted by Gasteiger charge is 2.63. The zero-order valence-electron chi connectivity index (χ0n) is 6.09. The standard InChI is InChI=1S/C5H5BrF5NO/c6-1-2-12-3(13)4(7,8)5(9,10)11/h1-2H2,(H,12,13). The third kappa shape index (κ3) is 3.09. The summed E-state index contributed by atoms with van der Waals surface area (Å²) < 4.78 is 58.7. The monoisotopic (exact) mass is 269 g/mol. The second-order valence-corrected chi connectivity index (χ2v) is 2.81. The number of alkyl halides is 6. The van der Waals surface area contributed by atoms with Gasteiger partial charge in [-0.05, 0) is 0 Å². The van der Waals surface area contributed by atoms with Crippen molar-refractivity contribution >= 4 is 21.8 Å². The van der Waals surface area contributed by atoms with E-state index in [-0.39, 0.29) is 11.9 Å². The topological polar surface area (TPSA) is 29.1 Å². The third-order valence-electron chi connectivity index (χ3n) is 1.02. The van der Waals surface area contributed by atoms with E-state index in [1.807, 2.05) is 0 Å². The van der Waals surface area contributed by atoms with Crippen molar-refractivity contribution in [1.29, 1.82) is 0 Å². The lowest BCUT2D eigenvalue weighted by molar-refractivity contribution is -0.269. The Kier molecular flexibility index (Phi) is 4.08. The summed E-state index contributed by atoms with van der Waals surface area (Å²) >= 11 is 2.75. The van der Waals surface area contributed by atoms with Crippen molar-refractivity contribution in [2.24, 2.45) is 0 Å². The van der Waals surface area contributed by atoms with Crippen LogP contribution in [0.4, 0.5) is 22.0 Å². The first-order valence-corrected chi connectivity index (χ1v) is 4.14. The van der Waals surface area contributed by atoms with Gasteiger partial charge in [0.2, 0.25) is 0 Å². The molecule has 1 N–H and O–H groups in total. The molecule has 13 heavy (non-hydrogen) atoms. The highest BCUT2D eigenvalue weighted by Crippen LogP contribution is 2.35. The van der Waals surface area contributed by atoms with Crippen LogP contribution in [0, 0.1) is 0 Å². The Morgan fingerprint density at radius 1 is 1.23 bits per heavy atom. The van der Waals surface area contributed by atoms with Crippen LogP contribution in [-0.4, -0.2) is 29.9 Å². The largest absolute Gasteiger partial charge is 0.463 e. The van der Waals surface area contributed by atoms with Gasteiger partial charge < -0.3 is 5.32 Å². The molecule has 78 valence electrons. The van der Waals surface area contributed by atoms with Crippen molar-refractivity contribution in [2.45, 2.75) is 12.1 Å². The van der Waals surface area contributed by atoms with Crippen molar-refractivity contribution < 1.29 is 26.7 Å². The minimum Gasteiger partial charge on any atom is -0.350 e. The van der Waals surface area contributed by atoms with Crippen molar-refractivity contribution in [1.82, 2.24) is 5.32 Å². The van der Waals surface area contributed by atoms with E-state index < -0.39 is 18.0 Å². The van der Waals surface area contributed by atoms with Crippen LogP contribution in [0.1, 0.15) is 0 Å². The summed E-state index contributed by atoms with van der Waals surface area (Å²) in [6.07, 6.45) is -5.84. The predicted molar refractivity (Wildman–Crippen MR) is 37.8 cm³/mol. The molecule has 2 nitrogen and oxygen atoms in total. The molecule has 0 aliphatic carbocycles. The zero-order valence-corrected chi connectivity index (χ0v) is 7.68. The molecule has 0 radical (unpaired) electrons. The van der Waals surface area contributed by atoms with Gasteiger partial charge in [-0.25, -0.2) is 0 Å². The number of halogens is 6. The van der Waals surface area contributed by atoms with E-state index in [2.05, 4.69) is 15.9 Å². The fourth-order valence-electron chi connectivity index (χ4n) is 0.401. The van der Waals surface area contributed by atoms with Gasteiger partial charge in [-0.1, -0.05) is 15.9 Å². The first-order chi connectivity index (χ1) is 5.73. The minimum atomic E-state index is -5.84. The van der Waals surface area contributed by atoms with Crippen molar-refractivity contribution in [2.75, 3.05) is 11.9 Å². The molecule has 0 saturated carbocycles. The molecule has 0 aromatic rings. The van der Waals surface area contributed by atoms with E-state index in [1.54, 1.807) is 0 Å². The molecular formula is C5H5BrF5NO. The van der Waals surface area contributed by atoms with Gasteiger partial charge in [-0.3, -0.25) is 4.79 Å². The van der Waals surface area contributed by atoms with Crippen LogP contribution in [0.2, 0.25) is 0 Å². The first kappa shape index (κ1) is 12.6. The molecular weight excluding hydrogens is 265 g/mol. The molecule has 0 bridgehead atoms. The van der Waals surface area contributed by atoms with Gasteiger partial charge in [-0.2, -0.15) is 22.0 Å². The van der Waals surface area contributed by atoms with Crippen LogP contribution in [0.15, 0.2) is 0 Å². The molecule has 0 aromatic carbocycles. The van der Waals surface area contributed by atoms with E-state index in [1.165, 1.54) is 5.32 Å². The Labute approximate surface area is 78.6 Å². The fraction of sp³-hybridized carbons (Fsp3) is 0.800. The summed E-state index contributed by atoms with van der Waals surface area (Å²) in [5, 5.41) is 1.53. The second kappa shape index (κ2) is 4.21. The van der Waals surface area contributed by atoms with Gasteiger partial charge >= 0.3 is 12.1 Å². The van der Waals surface area contributed by atoms with Crippen LogP contribution in [0.5, 0.6) is 0 Å². The quantitative estimate of drug-likeness (QED) is 0.613. The zero-order chi connectivity index (χ0) is 10.7. The second-order valence-electron chi connectivity index (χ2n) is 2.02. The van der Waals surface area contributed by atoms with Gasteiger partial charge in [0.25, 0.3) is 5.91 Å². The van der Waals surface area contributed by atoms with E-state index in [9.17, 15) is 26.7 Å². The Morgan fingerprint density at radius 2 is 1.69 bits per heavy atom. The molecule has 0 spiro atoms. The normalized spacial score (nSPS) is 12.8. The van der Waals surface area contributed by atoms with Crippen LogP contribution >= 0.6 is 15.9 Å². The SMILES string of the molecule is O=C(NCCBr)C(F)(F)C(F)(F)F. The molecule has 0 aromatic heterocycles. The summed E-state index contributed by atoms with van der Waals surface area (Å²) in [5.41, 5.74) is 0. The Balaban J connectivity index is 4.37. The molecule has 0 fully saturated rings. The van der Waals surface area contributed by atoms with Crippen molar-refractivity contribution in [3.8, 4) is 0 Å². The van der Waals surface area contributed by atoms with Crippen molar-refractivity contribution in [3.05, 3.63) is 0 Å². The summed E-state index contributed by atoms with van der Waals surface area (Å²) in [4.78, 5) is 10.3. The Bertz CT molecular complexity index is 192. The molecule has 0 aliphatic rings. The maximum absolute atomic E-state index is 12.1. The highest BCUT2D eigenvalue weighted by molar-refractivity contribution is 9.09. The maximum Gasteiger partial charge on any atom is 0.463 e. The number of rotatable bonds is 3. The molecule has 1 amide bonds. The van der Waals surface area contributed by atoms with Gasteiger partial charge in [0.1, 0.15) is 0 Å². The predicted octanol–water partition coefficient (Wildman–Crippen LogP) is 1.70. The molecule has 0 rings (SSSR count). The van der Waals surface area contributed by atoms with Gasteiger partial charge in [0.15, 0.2) is 0 Å². The lowest BCUT2D eigenvalue weighted by atomic mass is 10.3.